The molecule has 1 N–H and O–H groups in total. The number of benzene rings is 2. The molecule has 4 fully saturated rings. The quantitative estimate of drug-likeness (QED) is 0.710. The monoisotopic (exact) mass is 403 g/mol. The van der Waals surface area contributed by atoms with Crippen molar-refractivity contribution in [1.82, 2.24) is 5.32 Å². The Balaban J connectivity index is 1.28. The fraction of sp³-hybridized carbons (Fsp3) is 0.519. The van der Waals surface area contributed by atoms with E-state index >= 15 is 0 Å². The molecule has 1 spiro atoms. The lowest BCUT2D eigenvalue weighted by Gasteiger charge is -2.67. The van der Waals surface area contributed by atoms with Crippen LogP contribution in [0, 0.1) is 18.3 Å². The minimum Gasteiger partial charge on any atom is -0.478 e. The number of aryl methyl sites for hydroxylation is 1. The van der Waals surface area contributed by atoms with Crippen LogP contribution in [0.3, 0.4) is 0 Å². The number of carbonyl (C=O) groups is 1. The normalized spacial score (nSPS) is 32.1. The number of hydrogen-bond acceptors (Lipinski definition) is 2. The van der Waals surface area contributed by atoms with E-state index in [1.54, 1.807) is 0 Å². The van der Waals surface area contributed by atoms with Gasteiger partial charge in [-0.3, -0.25) is 4.79 Å². The third kappa shape index (κ3) is 3.33. The zero-order valence-corrected chi connectivity index (χ0v) is 18.4. The van der Waals surface area contributed by atoms with Crippen molar-refractivity contribution in [3.63, 3.8) is 0 Å². The summed E-state index contributed by atoms with van der Waals surface area (Å²) in [5.74, 6) is 1.31. The Labute approximate surface area is 180 Å². The third-order valence-corrected chi connectivity index (χ3v) is 7.97. The fourth-order valence-corrected chi connectivity index (χ4v) is 6.66. The highest BCUT2D eigenvalue weighted by molar-refractivity contribution is 5.85. The Kier molecular flexibility index (Phi) is 4.50. The highest BCUT2D eigenvalue weighted by Crippen LogP contribution is 2.70. The summed E-state index contributed by atoms with van der Waals surface area (Å²) in [6, 6.07) is 19.2. The molecule has 4 aliphatic carbocycles. The third-order valence-electron chi connectivity index (χ3n) is 7.97. The number of rotatable bonds is 5. The molecule has 2 aromatic carbocycles. The van der Waals surface area contributed by atoms with E-state index in [0.29, 0.717) is 16.7 Å². The second-order valence-electron chi connectivity index (χ2n) is 10.7. The Morgan fingerprint density at radius 2 is 1.73 bits per heavy atom. The van der Waals surface area contributed by atoms with Gasteiger partial charge in [0.1, 0.15) is 5.75 Å². The average Bonchev–Trinajstić information content (AvgIpc) is 2.71. The summed E-state index contributed by atoms with van der Waals surface area (Å²) in [7, 11) is 0. The topological polar surface area (TPSA) is 38.3 Å². The summed E-state index contributed by atoms with van der Waals surface area (Å²) in [6.45, 7) is 5.79. The van der Waals surface area contributed by atoms with Crippen molar-refractivity contribution < 1.29 is 9.53 Å². The molecule has 2 unspecified atom stereocenters. The fourth-order valence-electron chi connectivity index (χ4n) is 6.66. The molecule has 4 aliphatic rings. The standard InChI is InChI=1S/C27H33NO2/c1-19-9-11-22(12-10-19)30-25(2,3)24(29)28-23-13-14-26-15-20(23)16-27(17-26,18-26)21-7-5-4-6-8-21/h4-12,20,23H,13-18H2,1-3H3,(H,28,29). The molecule has 4 saturated carbocycles. The van der Waals surface area contributed by atoms with Gasteiger partial charge in [-0.1, -0.05) is 48.0 Å². The second-order valence-corrected chi connectivity index (χ2v) is 10.7. The lowest BCUT2D eigenvalue weighted by atomic mass is 9.38. The molecule has 30 heavy (non-hydrogen) atoms. The van der Waals surface area contributed by atoms with E-state index in [9.17, 15) is 4.79 Å². The number of amides is 1. The van der Waals surface area contributed by atoms with Gasteiger partial charge in [-0.25, -0.2) is 0 Å². The van der Waals surface area contributed by atoms with Crippen LogP contribution < -0.4 is 10.1 Å². The minimum atomic E-state index is -0.890. The average molecular weight is 404 g/mol. The van der Waals surface area contributed by atoms with Gasteiger partial charge in [0.05, 0.1) is 0 Å². The first-order valence-electron chi connectivity index (χ1n) is 11.4. The smallest absolute Gasteiger partial charge is 0.263 e. The van der Waals surface area contributed by atoms with Gasteiger partial charge in [-0.2, -0.15) is 0 Å². The first-order chi connectivity index (χ1) is 14.3. The van der Waals surface area contributed by atoms with E-state index in [2.05, 4.69) is 42.6 Å². The first kappa shape index (κ1) is 19.7. The molecule has 0 radical (unpaired) electrons. The highest BCUT2D eigenvalue weighted by Gasteiger charge is 2.62. The van der Waals surface area contributed by atoms with Crippen molar-refractivity contribution in [3.05, 3.63) is 65.7 Å². The van der Waals surface area contributed by atoms with Gasteiger partial charge >= 0.3 is 0 Å². The molecule has 2 atom stereocenters. The number of nitrogens with one attached hydrogen (secondary N) is 1. The zero-order chi connectivity index (χ0) is 21.0. The molecule has 0 heterocycles. The van der Waals surface area contributed by atoms with Crippen LogP contribution in [0.1, 0.15) is 63.5 Å². The molecule has 3 bridgehead atoms. The van der Waals surface area contributed by atoms with E-state index in [4.69, 9.17) is 4.74 Å². The van der Waals surface area contributed by atoms with Crippen molar-refractivity contribution in [2.75, 3.05) is 0 Å². The van der Waals surface area contributed by atoms with Crippen molar-refractivity contribution in [2.24, 2.45) is 11.3 Å². The number of hydrogen-bond donors (Lipinski definition) is 1. The van der Waals surface area contributed by atoms with E-state index in [0.717, 1.165) is 12.2 Å². The van der Waals surface area contributed by atoms with Crippen LogP contribution in [0.4, 0.5) is 0 Å². The Morgan fingerprint density at radius 3 is 2.43 bits per heavy atom. The van der Waals surface area contributed by atoms with Gasteiger partial charge in [-0.15, -0.1) is 0 Å². The Morgan fingerprint density at radius 1 is 1.03 bits per heavy atom. The van der Waals surface area contributed by atoms with Crippen molar-refractivity contribution in [1.29, 1.82) is 0 Å². The lowest BCUT2D eigenvalue weighted by Crippen LogP contribution is -2.63. The summed E-state index contributed by atoms with van der Waals surface area (Å²) in [5.41, 5.74) is 2.65. The molecule has 158 valence electrons. The van der Waals surface area contributed by atoms with E-state index in [-0.39, 0.29) is 11.9 Å². The van der Waals surface area contributed by atoms with Crippen molar-refractivity contribution in [3.8, 4) is 5.75 Å². The molecule has 3 heteroatoms. The summed E-state index contributed by atoms with van der Waals surface area (Å²) < 4.78 is 6.07. The summed E-state index contributed by atoms with van der Waals surface area (Å²) in [4.78, 5) is 13.2. The number of ether oxygens (including phenoxy) is 1. The van der Waals surface area contributed by atoms with E-state index in [1.807, 2.05) is 38.1 Å². The SMILES string of the molecule is Cc1ccc(OC(C)(C)C(=O)NC2CCC34CC2CC(c2ccccc2)(C3)C4)cc1. The second kappa shape index (κ2) is 6.87. The summed E-state index contributed by atoms with van der Waals surface area (Å²) >= 11 is 0. The van der Waals surface area contributed by atoms with Crippen LogP contribution >= 0.6 is 0 Å². The van der Waals surface area contributed by atoms with Crippen LogP contribution in [0.5, 0.6) is 5.75 Å². The molecule has 3 nitrogen and oxygen atoms in total. The van der Waals surface area contributed by atoms with Crippen LogP contribution in [-0.4, -0.2) is 17.6 Å². The van der Waals surface area contributed by atoms with Gasteiger partial charge in [0.15, 0.2) is 5.60 Å². The van der Waals surface area contributed by atoms with Crippen molar-refractivity contribution in [2.45, 2.75) is 76.4 Å². The molecule has 2 aromatic rings. The van der Waals surface area contributed by atoms with Gasteiger partial charge in [-0.05, 0) is 93.7 Å². The highest BCUT2D eigenvalue weighted by atomic mass is 16.5. The predicted molar refractivity (Wildman–Crippen MR) is 120 cm³/mol. The largest absolute Gasteiger partial charge is 0.478 e. The molecule has 1 amide bonds. The molecule has 6 rings (SSSR count). The Hall–Kier alpha value is -2.29. The van der Waals surface area contributed by atoms with Gasteiger partial charge in [0.25, 0.3) is 5.91 Å². The Bertz CT molecular complexity index is 925. The summed E-state index contributed by atoms with van der Waals surface area (Å²) in [5, 5.41) is 3.39. The summed E-state index contributed by atoms with van der Waals surface area (Å²) in [6.07, 6.45) is 7.48. The predicted octanol–water partition coefficient (Wildman–Crippen LogP) is 5.56. The molecule has 0 aliphatic heterocycles. The maximum atomic E-state index is 13.2. The molecular weight excluding hydrogens is 370 g/mol. The maximum Gasteiger partial charge on any atom is 0.263 e. The maximum absolute atomic E-state index is 13.2. The van der Waals surface area contributed by atoms with Gasteiger partial charge < -0.3 is 10.1 Å². The molecule has 0 aromatic heterocycles. The van der Waals surface area contributed by atoms with Crippen LogP contribution in [0.25, 0.3) is 0 Å². The van der Waals surface area contributed by atoms with Gasteiger partial charge in [0, 0.05) is 6.04 Å². The first-order valence-corrected chi connectivity index (χ1v) is 11.4. The van der Waals surface area contributed by atoms with Crippen LogP contribution in [-0.2, 0) is 10.2 Å². The van der Waals surface area contributed by atoms with E-state index in [1.165, 1.54) is 43.2 Å². The lowest BCUT2D eigenvalue weighted by molar-refractivity contribution is -0.141. The van der Waals surface area contributed by atoms with Gasteiger partial charge in [0.2, 0.25) is 0 Å². The zero-order valence-electron chi connectivity index (χ0n) is 18.4. The minimum absolute atomic E-state index is 0.00275. The number of carbonyl (C=O) groups excluding carboxylic acids is 1. The van der Waals surface area contributed by atoms with Crippen LogP contribution in [0.15, 0.2) is 54.6 Å². The van der Waals surface area contributed by atoms with Crippen molar-refractivity contribution >= 4 is 5.91 Å². The van der Waals surface area contributed by atoms with E-state index < -0.39 is 5.60 Å². The van der Waals surface area contributed by atoms with Crippen LogP contribution in [0.2, 0.25) is 0 Å². The molecule has 0 saturated heterocycles. The molecular formula is C27H33NO2.